The third-order valence-electron chi connectivity index (χ3n) is 4.07. The van der Waals surface area contributed by atoms with Gasteiger partial charge in [-0.2, -0.15) is 0 Å². The van der Waals surface area contributed by atoms with E-state index in [2.05, 4.69) is 0 Å². The van der Waals surface area contributed by atoms with Crippen LogP contribution < -0.4 is 0 Å². The number of Topliss-reactive ketones (excluding diaryl/α,β-unsaturated/α-hetero) is 2. The highest BCUT2D eigenvalue weighted by atomic mass is 16.1. The molecule has 0 aromatic carbocycles. The largest absolute Gasteiger partial charge is 0.299 e. The summed E-state index contributed by atoms with van der Waals surface area (Å²) in [6.07, 6.45) is 7.93. The molecule has 2 bridgehead atoms. The van der Waals surface area contributed by atoms with Crippen molar-refractivity contribution in [1.82, 2.24) is 0 Å². The zero-order valence-electron chi connectivity index (χ0n) is 8.11. The summed E-state index contributed by atoms with van der Waals surface area (Å²) in [7, 11) is 0. The average Bonchev–Trinajstić information content (AvgIpc) is 2.57. The number of allylic oxidation sites excluding steroid dienone is 2. The molecule has 0 aromatic heterocycles. The first kappa shape index (κ1) is 8.39. The quantitative estimate of drug-likeness (QED) is 0.545. The van der Waals surface area contributed by atoms with Crippen LogP contribution >= 0.6 is 0 Å². The summed E-state index contributed by atoms with van der Waals surface area (Å²) in [6, 6.07) is 0. The van der Waals surface area contributed by atoms with Crippen LogP contribution in [0.3, 0.4) is 0 Å². The molecule has 14 heavy (non-hydrogen) atoms. The molecule has 0 amide bonds. The summed E-state index contributed by atoms with van der Waals surface area (Å²) in [5.74, 6) is 1.11. The fourth-order valence-electron chi connectivity index (χ4n) is 3.44. The molecule has 2 fully saturated rings. The monoisotopic (exact) mass is 190 g/mol. The summed E-state index contributed by atoms with van der Waals surface area (Å²) in [5.41, 5.74) is 0. The van der Waals surface area contributed by atoms with Gasteiger partial charge in [-0.3, -0.25) is 9.59 Å². The lowest BCUT2D eigenvalue weighted by atomic mass is 9.79. The van der Waals surface area contributed by atoms with E-state index in [-0.39, 0.29) is 17.8 Å². The Labute approximate surface area is 83.4 Å². The minimum absolute atomic E-state index is 0.0457. The van der Waals surface area contributed by atoms with Crippen molar-refractivity contribution in [2.45, 2.75) is 25.7 Å². The Morgan fingerprint density at radius 3 is 2.71 bits per heavy atom. The zero-order valence-corrected chi connectivity index (χ0v) is 8.11. The molecular weight excluding hydrogens is 176 g/mol. The van der Waals surface area contributed by atoms with Gasteiger partial charge in [0.1, 0.15) is 11.6 Å². The molecule has 4 atom stereocenters. The van der Waals surface area contributed by atoms with Gasteiger partial charge in [-0.25, -0.2) is 0 Å². The molecule has 3 aliphatic carbocycles. The Morgan fingerprint density at radius 1 is 1.07 bits per heavy atom. The van der Waals surface area contributed by atoms with Gasteiger partial charge >= 0.3 is 0 Å². The van der Waals surface area contributed by atoms with Gasteiger partial charge < -0.3 is 0 Å². The first-order chi connectivity index (χ1) is 6.79. The lowest BCUT2D eigenvalue weighted by Crippen LogP contribution is -2.25. The molecule has 3 rings (SSSR count). The van der Waals surface area contributed by atoms with E-state index >= 15 is 0 Å². The van der Waals surface area contributed by atoms with Crippen LogP contribution in [0, 0.1) is 23.7 Å². The number of hydrogen-bond acceptors (Lipinski definition) is 2. The van der Waals surface area contributed by atoms with E-state index in [1.54, 1.807) is 0 Å². The molecule has 3 aliphatic rings. The van der Waals surface area contributed by atoms with Crippen LogP contribution in [0.4, 0.5) is 0 Å². The molecule has 0 unspecified atom stereocenters. The van der Waals surface area contributed by atoms with Crippen molar-refractivity contribution in [3.63, 3.8) is 0 Å². The number of fused-ring (bicyclic) bond motifs is 5. The van der Waals surface area contributed by atoms with Gasteiger partial charge in [0.15, 0.2) is 0 Å². The van der Waals surface area contributed by atoms with E-state index in [0.29, 0.717) is 23.9 Å². The molecule has 2 saturated carbocycles. The van der Waals surface area contributed by atoms with Crippen LogP contribution in [0.1, 0.15) is 25.7 Å². The molecular formula is C12H14O2. The highest BCUT2D eigenvalue weighted by Gasteiger charge is 2.53. The molecule has 0 aromatic rings. The van der Waals surface area contributed by atoms with Crippen molar-refractivity contribution in [3.05, 3.63) is 12.2 Å². The third kappa shape index (κ3) is 0.915. The van der Waals surface area contributed by atoms with Crippen molar-refractivity contribution in [3.8, 4) is 0 Å². The number of carbonyl (C=O) groups is 2. The average molecular weight is 190 g/mol. The molecule has 0 spiro atoms. The van der Waals surface area contributed by atoms with E-state index in [0.717, 1.165) is 19.3 Å². The van der Waals surface area contributed by atoms with E-state index in [9.17, 15) is 9.59 Å². The SMILES string of the molecule is O=C1CCCC[C@H]2[C@@H]1[C@@H]1C=C[C@@H]2C1=O. The number of carbonyl (C=O) groups excluding carboxylic acids is 2. The predicted octanol–water partition coefficient (Wildman–Crippen LogP) is 1.75. The molecule has 0 aliphatic heterocycles. The maximum Gasteiger partial charge on any atom is 0.147 e. The minimum atomic E-state index is -0.0457. The second-order valence-corrected chi connectivity index (χ2v) is 4.74. The van der Waals surface area contributed by atoms with Gasteiger partial charge in [-0.1, -0.05) is 18.6 Å². The molecule has 0 saturated heterocycles. The topological polar surface area (TPSA) is 34.1 Å². The summed E-state index contributed by atoms with van der Waals surface area (Å²) < 4.78 is 0. The number of rotatable bonds is 0. The highest BCUT2D eigenvalue weighted by molar-refractivity contribution is 5.99. The summed E-state index contributed by atoms with van der Waals surface area (Å²) in [4.78, 5) is 23.6. The van der Waals surface area contributed by atoms with Crippen molar-refractivity contribution < 1.29 is 9.59 Å². The van der Waals surface area contributed by atoms with Crippen molar-refractivity contribution in [2.75, 3.05) is 0 Å². The molecule has 0 radical (unpaired) electrons. The minimum Gasteiger partial charge on any atom is -0.299 e. The van der Waals surface area contributed by atoms with Gasteiger partial charge in [-0.15, -0.1) is 0 Å². The maximum absolute atomic E-state index is 11.8. The van der Waals surface area contributed by atoms with Gasteiger partial charge in [0.2, 0.25) is 0 Å². The zero-order chi connectivity index (χ0) is 9.71. The Balaban J connectivity index is 2.00. The second-order valence-electron chi connectivity index (χ2n) is 4.74. The first-order valence-corrected chi connectivity index (χ1v) is 5.54. The first-order valence-electron chi connectivity index (χ1n) is 5.54. The van der Waals surface area contributed by atoms with Crippen LogP contribution in [0.25, 0.3) is 0 Å². The van der Waals surface area contributed by atoms with E-state index in [1.807, 2.05) is 12.2 Å². The van der Waals surface area contributed by atoms with Crippen molar-refractivity contribution in [2.24, 2.45) is 23.7 Å². The van der Waals surface area contributed by atoms with E-state index in [1.165, 1.54) is 0 Å². The van der Waals surface area contributed by atoms with Gasteiger partial charge in [0.25, 0.3) is 0 Å². The van der Waals surface area contributed by atoms with Crippen LogP contribution in [0.2, 0.25) is 0 Å². The Bertz CT molecular complexity index is 329. The van der Waals surface area contributed by atoms with Crippen LogP contribution in [0.15, 0.2) is 12.2 Å². The molecule has 2 heteroatoms. The van der Waals surface area contributed by atoms with Gasteiger partial charge in [0, 0.05) is 24.2 Å². The maximum atomic E-state index is 11.8. The van der Waals surface area contributed by atoms with Crippen LogP contribution in [0.5, 0.6) is 0 Å². The van der Waals surface area contributed by atoms with Crippen LogP contribution in [-0.2, 0) is 9.59 Å². The van der Waals surface area contributed by atoms with Crippen molar-refractivity contribution >= 4 is 11.6 Å². The smallest absolute Gasteiger partial charge is 0.147 e. The van der Waals surface area contributed by atoms with E-state index in [4.69, 9.17) is 0 Å². The highest BCUT2D eigenvalue weighted by Crippen LogP contribution is 2.49. The standard InChI is InChI=1S/C12H14O2/c13-10-4-2-1-3-7-8-5-6-9(11(7)10)12(8)14/h5-9,11H,1-4H2/t7-,8+,9+,11-/m1/s1. The summed E-state index contributed by atoms with van der Waals surface area (Å²) >= 11 is 0. The van der Waals surface area contributed by atoms with Gasteiger partial charge in [-0.05, 0) is 18.8 Å². The number of ketones is 2. The second kappa shape index (κ2) is 2.78. The fourth-order valence-corrected chi connectivity index (χ4v) is 3.44. The Hall–Kier alpha value is -0.920. The summed E-state index contributed by atoms with van der Waals surface area (Å²) in [6.45, 7) is 0. The Morgan fingerprint density at radius 2 is 1.86 bits per heavy atom. The summed E-state index contributed by atoms with van der Waals surface area (Å²) in [5, 5.41) is 0. The molecule has 2 nitrogen and oxygen atoms in total. The fraction of sp³-hybridized carbons (Fsp3) is 0.667. The van der Waals surface area contributed by atoms with E-state index < -0.39 is 0 Å². The van der Waals surface area contributed by atoms with Crippen molar-refractivity contribution in [1.29, 1.82) is 0 Å². The third-order valence-corrected chi connectivity index (χ3v) is 4.07. The van der Waals surface area contributed by atoms with Gasteiger partial charge in [0.05, 0.1) is 0 Å². The predicted molar refractivity (Wildman–Crippen MR) is 51.6 cm³/mol. The molecule has 0 heterocycles. The Kier molecular flexibility index (Phi) is 1.67. The lowest BCUT2D eigenvalue weighted by molar-refractivity contribution is -0.127. The molecule has 74 valence electrons. The lowest BCUT2D eigenvalue weighted by Gasteiger charge is -2.22. The normalized spacial score (nSPS) is 45.4. The molecule has 0 N–H and O–H groups in total. The van der Waals surface area contributed by atoms with Crippen LogP contribution in [-0.4, -0.2) is 11.6 Å². The number of hydrogen-bond donors (Lipinski definition) is 0.